The number of aromatic hydroxyl groups is 1. The predicted molar refractivity (Wildman–Crippen MR) is 156 cm³/mol. The fourth-order valence-corrected chi connectivity index (χ4v) is 6.68. The van der Waals surface area contributed by atoms with Gasteiger partial charge < -0.3 is 10.0 Å². The van der Waals surface area contributed by atoms with Gasteiger partial charge in [-0.05, 0) is 66.1 Å². The number of benzene rings is 4. The van der Waals surface area contributed by atoms with E-state index in [0.29, 0.717) is 30.0 Å². The number of halogens is 2. The molecule has 4 nitrogen and oxygen atoms in total. The van der Waals surface area contributed by atoms with E-state index in [-0.39, 0.29) is 24.5 Å². The number of fused-ring (bicyclic) bond motifs is 2. The van der Waals surface area contributed by atoms with E-state index < -0.39 is 17.6 Å². The van der Waals surface area contributed by atoms with E-state index in [0.717, 1.165) is 17.5 Å². The molecule has 1 aliphatic carbocycles. The number of amides is 1. The number of rotatable bonds is 6. The Morgan fingerprint density at radius 3 is 2.25 bits per heavy atom. The minimum Gasteiger partial charge on any atom is -0.505 e. The summed E-state index contributed by atoms with van der Waals surface area (Å²) in [4.78, 5) is 18.6. The van der Waals surface area contributed by atoms with Gasteiger partial charge >= 0.3 is 0 Å². The fourth-order valence-electron chi connectivity index (χ4n) is 6.44. The molecule has 0 saturated carbocycles. The molecule has 1 aliphatic heterocycles. The summed E-state index contributed by atoms with van der Waals surface area (Å²) in [7, 11) is 0. The lowest BCUT2D eigenvalue weighted by molar-refractivity contribution is -0.140. The van der Waals surface area contributed by atoms with Gasteiger partial charge in [-0.1, -0.05) is 90.5 Å². The van der Waals surface area contributed by atoms with Crippen molar-refractivity contribution in [2.75, 3.05) is 6.54 Å². The van der Waals surface area contributed by atoms with Crippen LogP contribution < -0.4 is 0 Å². The Hall–Kier alpha value is -3.67. The molecule has 0 radical (unpaired) electrons. The molecular formula is C34H32ClFN2O2. The van der Waals surface area contributed by atoms with Crippen molar-refractivity contribution in [2.24, 2.45) is 0 Å². The molecular weight excluding hydrogens is 523 g/mol. The molecule has 204 valence electrons. The van der Waals surface area contributed by atoms with Crippen LogP contribution in [0.1, 0.15) is 46.3 Å². The first-order valence-electron chi connectivity index (χ1n) is 13.8. The molecule has 0 saturated heterocycles. The molecule has 6 heteroatoms. The molecule has 0 spiro atoms. The maximum Gasteiger partial charge on any atom is 0.240 e. The molecule has 4 aromatic rings. The monoisotopic (exact) mass is 554 g/mol. The van der Waals surface area contributed by atoms with E-state index in [4.69, 9.17) is 11.6 Å². The molecule has 4 aromatic carbocycles. The number of hydrogen-bond donors (Lipinski definition) is 1. The van der Waals surface area contributed by atoms with Gasteiger partial charge in [-0.25, -0.2) is 4.39 Å². The van der Waals surface area contributed by atoms with Crippen molar-refractivity contribution in [1.29, 1.82) is 0 Å². The van der Waals surface area contributed by atoms with Gasteiger partial charge in [0.2, 0.25) is 5.91 Å². The van der Waals surface area contributed by atoms with Gasteiger partial charge in [0.05, 0.1) is 12.1 Å². The zero-order valence-electron chi connectivity index (χ0n) is 22.4. The topological polar surface area (TPSA) is 43.8 Å². The summed E-state index contributed by atoms with van der Waals surface area (Å²) >= 11 is 6.74. The average molecular weight is 555 g/mol. The molecule has 1 N–H and O–H groups in total. The Kier molecular flexibility index (Phi) is 7.35. The number of carbonyl (C=O) groups is 1. The maximum absolute atomic E-state index is 15.0. The molecule has 2 aliphatic rings. The van der Waals surface area contributed by atoms with Gasteiger partial charge in [-0.2, -0.15) is 0 Å². The predicted octanol–water partition coefficient (Wildman–Crippen LogP) is 6.72. The third kappa shape index (κ3) is 4.89. The Labute approximate surface area is 239 Å². The minimum atomic E-state index is -0.677. The number of phenolic OH excluding ortho intramolecular Hbond substituents is 1. The second-order valence-corrected chi connectivity index (χ2v) is 11.2. The molecule has 2 atom stereocenters. The van der Waals surface area contributed by atoms with Crippen LogP contribution in [0, 0.1) is 5.82 Å². The molecule has 0 unspecified atom stereocenters. The third-order valence-corrected chi connectivity index (χ3v) is 8.87. The van der Waals surface area contributed by atoms with Gasteiger partial charge in [0.1, 0.15) is 0 Å². The molecule has 0 bridgehead atoms. The van der Waals surface area contributed by atoms with Crippen LogP contribution in [-0.4, -0.2) is 39.4 Å². The zero-order valence-corrected chi connectivity index (χ0v) is 23.2. The largest absolute Gasteiger partial charge is 0.505 e. The Bertz CT molecular complexity index is 1530. The molecule has 1 amide bonds. The highest BCUT2D eigenvalue weighted by molar-refractivity contribution is 6.31. The first-order valence-corrected chi connectivity index (χ1v) is 14.2. The van der Waals surface area contributed by atoms with E-state index >= 15 is 4.39 Å². The van der Waals surface area contributed by atoms with Crippen molar-refractivity contribution >= 4 is 17.5 Å². The highest BCUT2D eigenvalue weighted by Gasteiger charge is 2.39. The smallest absolute Gasteiger partial charge is 0.240 e. The number of nitrogens with zero attached hydrogens (tertiary/aromatic N) is 2. The van der Waals surface area contributed by atoms with E-state index in [1.807, 2.05) is 54.3 Å². The number of hydrogen-bond acceptors (Lipinski definition) is 3. The van der Waals surface area contributed by atoms with Crippen LogP contribution >= 0.6 is 11.6 Å². The van der Waals surface area contributed by atoms with Crippen LogP contribution in [0.2, 0.25) is 5.02 Å². The quantitative estimate of drug-likeness (QED) is 0.288. The van der Waals surface area contributed by atoms with Crippen LogP contribution in [0.3, 0.4) is 0 Å². The van der Waals surface area contributed by atoms with Crippen molar-refractivity contribution < 1.29 is 14.3 Å². The molecule has 6 rings (SSSR count). The molecule has 0 aromatic heterocycles. The highest BCUT2D eigenvalue weighted by atomic mass is 35.5. The second kappa shape index (κ2) is 11.1. The fraction of sp³-hybridized carbons (Fsp3) is 0.265. The van der Waals surface area contributed by atoms with Crippen LogP contribution in [0.25, 0.3) is 0 Å². The lowest BCUT2D eigenvalue weighted by Gasteiger charge is -2.43. The standard InChI is InChI=1S/C34H32ClFN2O2/c1-22(37-18-17-23-9-4-5-13-28(23)33(37)29-14-6-7-15-30(29)35)34(40)38(21-26-12-8-16-31(39)32(26)36)27-19-24-10-2-3-11-25(24)20-27/h2-16,22,27,33,39H,17-21H2,1H3/t22-,33+/m0/s1. The van der Waals surface area contributed by atoms with Crippen molar-refractivity contribution in [3.8, 4) is 5.75 Å². The van der Waals surface area contributed by atoms with Gasteiger partial charge in [0, 0.05) is 29.7 Å². The van der Waals surface area contributed by atoms with Crippen LogP contribution in [-0.2, 0) is 30.6 Å². The van der Waals surface area contributed by atoms with Crippen LogP contribution in [0.4, 0.5) is 4.39 Å². The number of carbonyl (C=O) groups excluding carboxylic acids is 1. The summed E-state index contributed by atoms with van der Waals surface area (Å²) < 4.78 is 15.0. The lowest BCUT2D eigenvalue weighted by atomic mass is 9.87. The van der Waals surface area contributed by atoms with Crippen molar-refractivity contribution in [3.63, 3.8) is 0 Å². The first-order chi connectivity index (χ1) is 19.4. The van der Waals surface area contributed by atoms with Gasteiger partial charge in [0.25, 0.3) is 0 Å². The van der Waals surface area contributed by atoms with Gasteiger partial charge in [0.15, 0.2) is 11.6 Å². The maximum atomic E-state index is 15.0. The zero-order chi connectivity index (χ0) is 27.8. The first kappa shape index (κ1) is 26.5. The second-order valence-electron chi connectivity index (χ2n) is 10.8. The van der Waals surface area contributed by atoms with Gasteiger partial charge in [-0.3, -0.25) is 9.69 Å². The van der Waals surface area contributed by atoms with E-state index in [9.17, 15) is 9.90 Å². The summed E-state index contributed by atoms with van der Waals surface area (Å²) in [5.74, 6) is -1.14. The highest BCUT2D eigenvalue weighted by Crippen LogP contribution is 2.40. The van der Waals surface area contributed by atoms with Crippen LogP contribution in [0.5, 0.6) is 5.75 Å². The number of phenols is 1. The van der Waals surface area contributed by atoms with Crippen molar-refractivity contribution in [3.05, 3.63) is 135 Å². The van der Waals surface area contributed by atoms with E-state index in [1.165, 1.54) is 22.8 Å². The van der Waals surface area contributed by atoms with E-state index in [1.54, 1.807) is 12.1 Å². The van der Waals surface area contributed by atoms with Crippen molar-refractivity contribution in [2.45, 2.75) is 50.9 Å². The summed E-state index contributed by atoms with van der Waals surface area (Å²) in [5.41, 5.74) is 6.12. The Balaban J connectivity index is 1.37. The summed E-state index contributed by atoms with van der Waals surface area (Å²) in [5, 5.41) is 10.7. The van der Waals surface area contributed by atoms with Crippen molar-refractivity contribution in [1.82, 2.24) is 9.80 Å². The summed E-state index contributed by atoms with van der Waals surface area (Å²) in [6.45, 7) is 2.73. The minimum absolute atomic E-state index is 0.0583. The Morgan fingerprint density at radius 2 is 1.55 bits per heavy atom. The normalized spacial score (nSPS) is 17.7. The van der Waals surface area contributed by atoms with Gasteiger partial charge in [-0.15, -0.1) is 0 Å². The summed E-state index contributed by atoms with van der Waals surface area (Å²) in [6.07, 6.45) is 2.25. The molecule has 1 heterocycles. The van der Waals surface area contributed by atoms with Crippen LogP contribution in [0.15, 0.2) is 91.0 Å². The average Bonchev–Trinajstić information content (AvgIpc) is 3.41. The SMILES string of the molecule is C[C@@H](C(=O)N(Cc1cccc(O)c1F)C1Cc2ccccc2C1)N1CCc2ccccc2[C@@H]1c1ccccc1Cl. The van der Waals surface area contributed by atoms with E-state index in [2.05, 4.69) is 35.2 Å². The lowest BCUT2D eigenvalue weighted by Crippen LogP contribution is -2.53. The third-order valence-electron chi connectivity index (χ3n) is 8.53. The molecule has 0 fully saturated rings. The summed E-state index contributed by atoms with van der Waals surface area (Å²) in [6, 6.07) is 28.3. The molecule has 40 heavy (non-hydrogen) atoms. The Morgan fingerprint density at radius 1 is 0.925 bits per heavy atom.